The molecule has 4 heteroatoms. The van der Waals surface area contributed by atoms with Crippen molar-refractivity contribution in [2.24, 2.45) is 11.8 Å². The molecule has 1 saturated carbocycles. The van der Waals surface area contributed by atoms with Gasteiger partial charge in [-0.15, -0.1) is 0 Å². The van der Waals surface area contributed by atoms with E-state index in [1.165, 1.54) is 0 Å². The summed E-state index contributed by atoms with van der Waals surface area (Å²) in [6.07, 6.45) is 4.94. The summed E-state index contributed by atoms with van der Waals surface area (Å²) in [5, 5.41) is 8.96. The minimum absolute atomic E-state index is 0.0132. The maximum atomic E-state index is 12.5. The number of aliphatic carboxylic acids is 1. The number of hydrogen-bond acceptors (Lipinski definition) is 2. The Bertz CT molecular complexity index is 343. The van der Waals surface area contributed by atoms with E-state index in [9.17, 15) is 9.59 Å². The Kier molecular flexibility index (Phi) is 3.64. The van der Waals surface area contributed by atoms with Crippen LogP contribution >= 0.6 is 0 Å². The van der Waals surface area contributed by atoms with Crippen molar-refractivity contribution in [3.8, 4) is 0 Å². The molecule has 1 N–H and O–H groups in total. The standard InChI is InChI=1S/C14H23NO3/c1-14(2)8-3-9-15(14)12(16)10-4-6-11(7-5-10)13(17)18/h10-11H,3-9H2,1-2H3,(H,17,18). The SMILES string of the molecule is CC1(C)CCCN1C(=O)C1CCC(C(=O)O)CC1. The topological polar surface area (TPSA) is 57.6 Å². The van der Waals surface area contributed by atoms with Crippen LogP contribution in [-0.4, -0.2) is 34.0 Å². The lowest BCUT2D eigenvalue weighted by Gasteiger charge is -2.36. The summed E-state index contributed by atoms with van der Waals surface area (Å²) in [5.41, 5.74) is -0.0132. The smallest absolute Gasteiger partial charge is 0.306 e. The second kappa shape index (κ2) is 4.90. The molecular weight excluding hydrogens is 230 g/mol. The third-order valence-electron chi connectivity index (χ3n) is 4.59. The van der Waals surface area contributed by atoms with Gasteiger partial charge in [-0.2, -0.15) is 0 Å². The van der Waals surface area contributed by atoms with E-state index < -0.39 is 5.97 Å². The molecule has 1 saturated heterocycles. The lowest BCUT2D eigenvalue weighted by atomic mass is 9.81. The molecule has 1 heterocycles. The minimum atomic E-state index is -0.706. The van der Waals surface area contributed by atoms with E-state index in [2.05, 4.69) is 13.8 Å². The first-order valence-corrected chi connectivity index (χ1v) is 6.96. The average Bonchev–Trinajstić information content (AvgIpc) is 2.68. The number of nitrogens with zero attached hydrogens (tertiary/aromatic N) is 1. The molecule has 0 aromatic rings. The van der Waals surface area contributed by atoms with Gasteiger partial charge in [0.25, 0.3) is 0 Å². The summed E-state index contributed by atoms with van der Waals surface area (Å²) in [6.45, 7) is 5.12. The van der Waals surface area contributed by atoms with Crippen LogP contribution in [-0.2, 0) is 9.59 Å². The van der Waals surface area contributed by atoms with Crippen molar-refractivity contribution in [1.82, 2.24) is 4.90 Å². The van der Waals surface area contributed by atoms with Crippen molar-refractivity contribution in [3.05, 3.63) is 0 Å². The maximum Gasteiger partial charge on any atom is 0.306 e. The van der Waals surface area contributed by atoms with Crippen molar-refractivity contribution in [2.45, 2.75) is 57.9 Å². The monoisotopic (exact) mass is 253 g/mol. The largest absolute Gasteiger partial charge is 0.481 e. The summed E-state index contributed by atoms with van der Waals surface area (Å²) < 4.78 is 0. The summed E-state index contributed by atoms with van der Waals surface area (Å²) in [4.78, 5) is 25.4. The van der Waals surface area contributed by atoms with Gasteiger partial charge in [0.15, 0.2) is 0 Å². The summed E-state index contributed by atoms with van der Waals surface area (Å²) in [7, 11) is 0. The number of carbonyl (C=O) groups is 2. The Labute approximate surface area is 108 Å². The third kappa shape index (κ3) is 2.52. The van der Waals surface area contributed by atoms with Gasteiger partial charge in [-0.05, 0) is 52.4 Å². The highest BCUT2D eigenvalue weighted by Crippen LogP contribution is 2.35. The summed E-state index contributed by atoms with van der Waals surface area (Å²) in [5.74, 6) is -0.637. The fraction of sp³-hybridized carbons (Fsp3) is 0.857. The van der Waals surface area contributed by atoms with Gasteiger partial charge >= 0.3 is 5.97 Å². The average molecular weight is 253 g/mol. The number of carboxylic acids is 1. The molecule has 0 radical (unpaired) electrons. The van der Waals surface area contributed by atoms with Crippen molar-refractivity contribution in [3.63, 3.8) is 0 Å². The molecule has 0 aromatic carbocycles. The van der Waals surface area contributed by atoms with Crippen LogP contribution in [0, 0.1) is 11.8 Å². The second-order valence-electron chi connectivity index (χ2n) is 6.29. The number of rotatable bonds is 2. The molecule has 2 rings (SSSR count). The van der Waals surface area contributed by atoms with Crippen LogP contribution in [0.2, 0.25) is 0 Å². The van der Waals surface area contributed by atoms with E-state index in [0.29, 0.717) is 12.8 Å². The Morgan fingerprint density at radius 1 is 1.11 bits per heavy atom. The van der Waals surface area contributed by atoms with Gasteiger partial charge in [0.05, 0.1) is 5.92 Å². The molecule has 0 unspecified atom stereocenters. The predicted molar refractivity (Wildman–Crippen MR) is 68.1 cm³/mol. The molecule has 0 aromatic heterocycles. The molecule has 4 nitrogen and oxygen atoms in total. The van der Waals surface area contributed by atoms with Gasteiger partial charge in [-0.3, -0.25) is 9.59 Å². The van der Waals surface area contributed by atoms with E-state index in [0.717, 1.165) is 32.2 Å². The van der Waals surface area contributed by atoms with Crippen LogP contribution in [0.1, 0.15) is 52.4 Å². The molecule has 0 spiro atoms. The van der Waals surface area contributed by atoms with E-state index in [1.807, 2.05) is 4.90 Å². The number of hydrogen-bond donors (Lipinski definition) is 1. The van der Waals surface area contributed by atoms with Crippen LogP contribution < -0.4 is 0 Å². The summed E-state index contributed by atoms with van der Waals surface area (Å²) >= 11 is 0. The van der Waals surface area contributed by atoms with Crippen molar-refractivity contribution < 1.29 is 14.7 Å². The zero-order chi connectivity index (χ0) is 13.3. The number of carbonyl (C=O) groups excluding carboxylic acids is 1. The van der Waals surface area contributed by atoms with Crippen LogP contribution in [0.4, 0.5) is 0 Å². The fourth-order valence-electron chi connectivity index (χ4n) is 3.32. The Balaban J connectivity index is 1.94. The third-order valence-corrected chi connectivity index (χ3v) is 4.59. The molecular formula is C14H23NO3. The zero-order valence-corrected chi connectivity index (χ0v) is 11.3. The lowest BCUT2D eigenvalue weighted by Crippen LogP contribution is -2.46. The van der Waals surface area contributed by atoms with Gasteiger partial charge in [0.2, 0.25) is 5.91 Å². The van der Waals surface area contributed by atoms with Crippen molar-refractivity contribution in [1.29, 1.82) is 0 Å². The van der Waals surface area contributed by atoms with E-state index in [-0.39, 0.29) is 23.3 Å². The van der Waals surface area contributed by atoms with E-state index >= 15 is 0 Å². The molecule has 2 fully saturated rings. The van der Waals surface area contributed by atoms with E-state index in [4.69, 9.17) is 5.11 Å². The Morgan fingerprint density at radius 2 is 1.67 bits per heavy atom. The number of carboxylic acid groups (broad SMARTS) is 1. The number of likely N-dealkylation sites (tertiary alicyclic amines) is 1. The molecule has 1 amide bonds. The number of amides is 1. The lowest BCUT2D eigenvalue weighted by molar-refractivity contribution is -0.146. The van der Waals surface area contributed by atoms with Gasteiger partial charge in [-0.25, -0.2) is 0 Å². The molecule has 102 valence electrons. The van der Waals surface area contributed by atoms with Crippen molar-refractivity contribution in [2.75, 3.05) is 6.54 Å². The quantitative estimate of drug-likeness (QED) is 0.821. The first-order valence-electron chi connectivity index (χ1n) is 6.96. The van der Waals surface area contributed by atoms with Crippen LogP contribution in [0.25, 0.3) is 0 Å². The van der Waals surface area contributed by atoms with Crippen LogP contribution in [0.3, 0.4) is 0 Å². The maximum absolute atomic E-state index is 12.5. The molecule has 1 aliphatic carbocycles. The van der Waals surface area contributed by atoms with Crippen LogP contribution in [0.15, 0.2) is 0 Å². The highest BCUT2D eigenvalue weighted by molar-refractivity contribution is 5.80. The fourth-order valence-corrected chi connectivity index (χ4v) is 3.32. The Hall–Kier alpha value is -1.06. The predicted octanol–water partition coefficient (Wildman–Crippen LogP) is 2.28. The van der Waals surface area contributed by atoms with Gasteiger partial charge in [-0.1, -0.05) is 0 Å². The second-order valence-corrected chi connectivity index (χ2v) is 6.29. The molecule has 2 aliphatic rings. The minimum Gasteiger partial charge on any atom is -0.481 e. The highest BCUT2D eigenvalue weighted by atomic mass is 16.4. The van der Waals surface area contributed by atoms with Gasteiger partial charge in [0.1, 0.15) is 0 Å². The van der Waals surface area contributed by atoms with Crippen LogP contribution in [0.5, 0.6) is 0 Å². The highest BCUT2D eigenvalue weighted by Gasteiger charge is 2.39. The first kappa shape index (κ1) is 13.4. The molecule has 18 heavy (non-hydrogen) atoms. The van der Waals surface area contributed by atoms with E-state index in [1.54, 1.807) is 0 Å². The van der Waals surface area contributed by atoms with Crippen molar-refractivity contribution >= 4 is 11.9 Å². The first-order chi connectivity index (χ1) is 8.42. The summed E-state index contributed by atoms with van der Waals surface area (Å²) in [6, 6.07) is 0. The van der Waals surface area contributed by atoms with Gasteiger partial charge in [0, 0.05) is 18.0 Å². The molecule has 0 bridgehead atoms. The normalized spacial score (nSPS) is 31.3. The zero-order valence-electron chi connectivity index (χ0n) is 11.3. The Morgan fingerprint density at radius 3 is 2.11 bits per heavy atom. The molecule has 0 atom stereocenters. The molecule has 1 aliphatic heterocycles. The van der Waals surface area contributed by atoms with Gasteiger partial charge < -0.3 is 10.0 Å².